The second-order valence-electron chi connectivity index (χ2n) is 4.51. The molecule has 1 aromatic rings. The van der Waals surface area contributed by atoms with Gasteiger partial charge in [-0.15, -0.1) is 0 Å². The topological polar surface area (TPSA) is 67.8 Å². The molecule has 1 aromatic carbocycles. The summed E-state index contributed by atoms with van der Waals surface area (Å²) >= 11 is 0. The molecule has 0 radical (unpaired) electrons. The van der Waals surface area contributed by atoms with Crippen molar-refractivity contribution in [1.29, 1.82) is 0 Å². The van der Waals surface area contributed by atoms with E-state index in [0.29, 0.717) is 30.9 Å². The summed E-state index contributed by atoms with van der Waals surface area (Å²) < 4.78 is 10.5. The number of benzene rings is 1. The summed E-state index contributed by atoms with van der Waals surface area (Å²) in [5.41, 5.74) is 0.701. The average molecular weight is 281 g/mol. The smallest absolute Gasteiger partial charge is 0.260 e. The Hall–Kier alpha value is -1.59. The van der Waals surface area contributed by atoms with Gasteiger partial charge in [0, 0.05) is 19.2 Å². The van der Waals surface area contributed by atoms with Crippen LogP contribution in [0, 0.1) is 0 Å². The highest BCUT2D eigenvalue weighted by Gasteiger charge is 2.17. The molecule has 0 spiro atoms. The number of methoxy groups -OCH3 is 1. The van der Waals surface area contributed by atoms with E-state index in [1.165, 1.54) is 0 Å². The molecule has 0 aromatic heterocycles. The van der Waals surface area contributed by atoms with E-state index in [-0.39, 0.29) is 5.91 Å². The molecular formula is C15H23NO4. The molecule has 0 aliphatic rings. The highest BCUT2D eigenvalue weighted by Crippen LogP contribution is 2.27. The molecule has 1 unspecified atom stereocenters. The van der Waals surface area contributed by atoms with Crippen LogP contribution < -0.4 is 10.1 Å². The number of amides is 1. The quantitative estimate of drug-likeness (QED) is 0.711. The van der Waals surface area contributed by atoms with Gasteiger partial charge in [0.15, 0.2) is 6.10 Å². The van der Waals surface area contributed by atoms with E-state index in [1.54, 1.807) is 26.2 Å². The summed E-state index contributed by atoms with van der Waals surface area (Å²) in [5.74, 6) is 0.332. The van der Waals surface area contributed by atoms with Crippen molar-refractivity contribution in [3.05, 3.63) is 29.8 Å². The zero-order chi connectivity index (χ0) is 15.0. The maximum absolute atomic E-state index is 11.8. The predicted octanol–water partition coefficient (Wildman–Crippen LogP) is 1.66. The van der Waals surface area contributed by atoms with Crippen molar-refractivity contribution in [2.45, 2.75) is 32.5 Å². The van der Waals surface area contributed by atoms with Crippen molar-refractivity contribution in [3.63, 3.8) is 0 Å². The number of aliphatic hydroxyl groups excluding tert-OH is 1. The Morgan fingerprint density at radius 2 is 2.10 bits per heavy atom. The largest absolute Gasteiger partial charge is 0.481 e. The van der Waals surface area contributed by atoms with E-state index < -0.39 is 12.2 Å². The van der Waals surface area contributed by atoms with Gasteiger partial charge >= 0.3 is 0 Å². The number of carbonyl (C=O) groups excluding carboxylic acids is 1. The van der Waals surface area contributed by atoms with Crippen LogP contribution in [0.1, 0.15) is 31.9 Å². The SMILES string of the molecule is CC[C@@H](O)c1ccccc1OC(C)C(=O)NCCOC. The second-order valence-corrected chi connectivity index (χ2v) is 4.51. The summed E-state index contributed by atoms with van der Waals surface area (Å²) in [7, 11) is 1.58. The van der Waals surface area contributed by atoms with Gasteiger partial charge in [0.1, 0.15) is 5.75 Å². The van der Waals surface area contributed by atoms with Gasteiger partial charge in [0.2, 0.25) is 0 Å². The summed E-state index contributed by atoms with van der Waals surface area (Å²) in [4.78, 5) is 11.8. The maximum atomic E-state index is 11.8. The number of hydrogen-bond acceptors (Lipinski definition) is 4. The van der Waals surface area contributed by atoms with Crippen LogP contribution in [-0.2, 0) is 9.53 Å². The lowest BCUT2D eigenvalue weighted by Crippen LogP contribution is -2.38. The third-order valence-electron chi connectivity index (χ3n) is 2.94. The van der Waals surface area contributed by atoms with Gasteiger partial charge in [-0.2, -0.15) is 0 Å². The Bertz CT molecular complexity index is 422. The fourth-order valence-corrected chi connectivity index (χ4v) is 1.75. The van der Waals surface area contributed by atoms with Crippen molar-refractivity contribution < 1.29 is 19.4 Å². The highest BCUT2D eigenvalue weighted by atomic mass is 16.5. The molecule has 1 rings (SSSR count). The minimum Gasteiger partial charge on any atom is -0.481 e. The number of ether oxygens (including phenoxy) is 2. The predicted molar refractivity (Wildman–Crippen MR) is 76.7 cm³/mol. The lowest BCUT2D eigenvalue weighted by Gasteiger charge is -2.19. The molecule has 0 heterocycles. The molecule has 0 aliphatic carbocycles. The number of hydrogen-bond donors (Lipinski definition) is 2. The molecule has 5 heteroatoms. The van der Waals surface area contributed by atoms with E-state index in [9.17, 15) is 9.90 Å². The van der Waals surface area contributed by atoms with E-state index in [4.69, 9.17) is 9.47 Å². The van der Waals surface area contributed by atoms with Crippen LogP contribution in [0.2, 0.25) is 0 Å². The zero-order valence-electron chi connectivity index (χ0n) is 12.3. The zero-order valence-corrected chi connectivity index (χ0v) is 12.3. The molecule has 20 heavy (non-hydrogen) atoms. The van der Waals surface area contributed by atoms with E-state index in [2.05, 4.69) is 5.32 Å². The van der Waals surface area contributed by atoms with Crippen molar-refractivity contribution in [2.24, 2.45) is 0 Å². The van der Waals surface area contributed by atoms with Gasteiger partial charge < -0.3 is 19.9 Å². The molecule has 0 saturated heterocycles. The van der Waals surface area contributed by atoms with Crippen molar-refractivity contribution in [1.82, 2.24) is 5.32 Å². The molecule has 2 atom stereocenters. The fourth-order valence-electron chi connectivity index (χ4n) is 1.75. The van der Waals surface area contributed by atoms with Gasteiger partial charge in [0.05, 0.1) is 12.7 Å². The number of rotatable bonds is 8. The van der Waals surface area contributed by atoms with E-state index in [1.807, 2.05) is 19.1 Å². The first kappa shape index (κ1) is 16.5. The van der Waals surface area contributed by atoms with Gasteiger partial charge in [0.25, 0.3) is 5.91 Å². The maximum Gasteiger partial charge on any atom is 0.260 e. The van der Waals surface area contributed by atoms with Gasteiger partial charge in [-0.05, 0) is 19.4 Å². The third-order valence-corrected chi connectivity index (χ3v) is 2.94. The van der Waals surface area contributed by atoms with Crippen molar-refractivity contribution in [2.75, 3.05) is 20.3 Å². The molecule has 0 fully saturated rings. The molecule has 2 N–H and O–H groups in total. The molecular weight excluding hydrogens is 258 g/mol. The Balaban J connectivity index is 2.65. The summed E-state index contributed by atoms with van der Waals surface area (Å²) in [6.45, 7) is 4.48. The van der Waals surface area contributed by atoms with Crippen molar-refractivity contribution >= 4 is 5.91 Å². The first-order valence-electron chi connectivity index (χ1n) is 6.80. The Kier molecular flexibility index (Phi) is 7.04. The fraction of sp³-hybridized carbons (Fsp3) is 0.533. The minimum atomic E-state index is -0.628. The highest BCUT2D eigenvalue weighted by molar-refractivity contribution is 5.80. The Labute approximate surface area is 119 Å². The average Bonchev–Trinajstić information content (AvgIpc) is 2.47. The molecule has 1 amide bonds. The molecule has 0 aliphatic heterocycles. The Morgan fingerprint density at radius 1 is 1.40 bits per heavy atom. The normalized spacial score (nSPS) is 13.6. The molecule has 5 nitrogen and oxygen atoms in total. The Morgan fingerprint density at radius 3 is 2.75 bits per heavy atom. The van der Waals surface area contributed by atoms with Crippen LogP contribution in [0.3, 0.4) is 0 Å². The van der Waals surface area contributed by atoms with Crippen LogP contribution in [-0.4, -0.2) is 37.4 Å². The van der Waals surface area contributed by atoms with Crippen LogP contribution in [0.25, 0.3) is 0 Å². The molecule has 0 saturated carbocycles. The minimum absolute atomic E-state index is 0.206. The van der Waals surface area contributed by atoms with Crippen LogP contribution in [0.4, 0.5) is 0 Å². The van der Waals surface area contributed by atoms with Gasteiger partial charge in [-0.3, -0.25) is 4.79 Å². The lowest BCUT2D eigenvalue weighted by atomic mass is 10.1. The number of aliphatic hydroxyl groups is 1. The lowest BCUT2D eigenvalue weighted by molar-refractivity contribution is -0.127. The number of nitrogens with one attached hydrogen (secondary N) is 1. The van der Waals surface area contributed by atoms with Gasteiger partial charge in [-0.1, -0.05) is 25.1 Å². The standard InChI is InChI=1S/C15H23NO4/c1-4-13(17)12-7-5-6-8-14(12)20-11(2)15(18)16-9-10-19-3/h5-8,11,13,17H,4,9-10H2,1-3H3,(H,16,18)/t11?,13-/m1/s1. The van der Waals surface area contributed by atoms with E-state index >= 15 is 0 Å². The summed E-state index contributed by atoms with van der Waals surface area (Å²) in [6, 6.07) is 7.22. The second kappa shape index (κ2) is 8.55. The number of para-hydroxylation sites is 1. The van der Waals surface area contributed by atoms with Crippen LogP contribution in [0.5, 0.6) is 5.75 Å². The van der Waals surface area contributed by atoms with Crippen LogP contribution >= 0.6 is 0 Å². The van der Waals surface area contributed by atoms with Crippen LogP contribution in [0.15, 0.2) is 24.3 Å². The van der Waals surface area contributed by atoms with Crippen molar-refractivity contribution in [3.8, 4) is 5.75 Å². The summed E-state index contributed by atoms with van der Waals surface area (Å²) in [5, 5.41) is 12.7. The molecule has 0 bridgehead atoms. The monoisotopic (exact) mass is 281 g/mol. The first-order chi connectivity index (χ1) is 9.60. The summed E-state index contributed by atoms with van der Waals surface area (Å²) in [6.07, 6.45) is -0.624. The van der Waals surface area contributed by atoms with E-state index in [0.717, 1.165) is 0 Å². The number of carbonyl (C=O) groups is 1. The third kappa shape index (κ3) is 4.83. The van der Waals surface area contributed by atoms with Gasteiger partial charge in [-0.25, -0.2) is 0 Å². The molecule has 112 valence electrons. The first-order valence-corrected chi connectivity index (χ1v) is 6.80.